The average Bonchev–Trinajstić information content (AvgIpc) is 3.19. The van der Waals surface area contributed by atoms with Gasteiger partial charge < -0.3 is 24.6 Å². The van der Waals surface area contributed by atoms with Crippen LogP contribution in [-0.2, 0) is 9.53 Å². The quantitative estimate of drug-likeness (QED) is 0.672. The van der Waals surface area contributed by atoms with Gasteiger partial charge in [0.2, 0.25) is 0 Å². The molecular formula is C21H29NO6. The zero-order valence-electron chi connectivity index (χ0n) is 16.5. The molecule has 2 fully saturated rings. The SMILES string of the molecule is CCOc1cc(C(=O)NC2CC(OCC)C23CCCC3)ccc1OCC(=O)O. The van der Waals surface area contributed by atoms with E-state index >= 15 is 0 Å². The van der Waals surface area contributed by atoms with Crippen molar-refractivity contribution in [3.05, 3.63) is 23.8 Å². The Kier molecular flexibility index (Phi) is 6.44. The van der Waals surface area contributed by atoms with E-state index in [2.05, 4.69) is 5.32 Å². The van der Waals surface area contributed by atoms with Crippen LogP contribution in [0.3, 0.4) is 0 Å². The highest BCUT2D eigenvalue weighted by atomic mass is 16.5. The lowest BCUT2D eigenvalue weighted by atomic mass is 9.60. The summed E-state index contributed by atoms with van der Waals surface area (Å²) in [6.07, 6.45) is 5.62. The Morgan fingerprint density at radius 3 is 2.54 bits per heavy atom. The molecular weight excluding hydrogens is 362 g/mol. The van der Waals surface area contributed by atoms with Crippen molar-refractivity contribution in [1.82, 2.24) is 5.32 Å². The van der Waals surface area contributed by atoms with Crippen molar-refractivity contribution in [2.24, 2.45) is 5.41 Å². The molecule has 2 aliphatic carbocycles. The molecule has 0 aromatic heterocycles. The van der Waals surface area contributed by atoms with E-state index in [9.17, 15) is 9.59 Å². The lowest BCUT2D eigenvalue weighted by Crippen LogP contribution is -2.63. The van der Waals surface area contributed by atoms with E-state index in [0.29, 0.717) is 30.3 Å². The molecule has 154 valence electrons. The molecule has 0 heterocycles. The number of carboxylic acid groups (broad SMARTS) is 1. The van der Waals surface area contributed by atoms with Crippen LogP contribution in [0, 0.1) is 5.41 Å². The molecule has 28 heavy (non-hydrogen) atoms. The molecule has 0 aliphatic heterocycles. The molecule has 2 saturated carbocycles. The minimum atomic E-state index is -1.07. The Morgan fingerprint density at radius 1 is 1.14 bits per heavy atom. The van der Waals surface area contributed by atoms with Crippen LogP contribution in [0.15, 0.2) is 18.2 Å². The number of nitrogens with one attached hydrogen (secondary N) is 1. The van der Waals surface area contributed by atoms with Crippen molar-refractivity contribution < 1.29 is 28.9 Å². The van der Waals surface area contributed by atoms with Crippen molar-refractivity contribution in [3.8, 4) is 11.5 Å². The third kappa shape index (κ3) is 4.09. The first-order valence-corrected chi connectivity index (χ1v) is 10.0. The topological polar surface area (TPSA) is 94.1 Å². The number of aliphatic carboxylic acids is 1. The molecule has 0 bridgehead atoms. The predicted octanol–water partition coefficient (Wildman–Crippen LogP) is 3.02. The van der Waals surface area contributed by atoms with Crippen LogP contribution < -0.4 is 14.8 Å². The van der Waals surface area contributed by atoms with Crippen LogP contribution in [0.25, 0.3) is 0 Å². The van der Waals surface area contributed by atoms with Crippen LogP contribution in [0.1, 0.15) is 56.3 Å². The second-order valence-corrected chi connectivity index (χ2v) is 7.42. The summed E-state index contributed by atoms with van der Waals surface area (Å²) in [7, 11) is 0. The number of amides is 1. The van der Waals surface area contributed by atoms with Gasteiger partial charge in [-0.15, -0.1) is 0 Å². The van der Waals surface area contributed by atoms with Crippen LogP contribution in [-0.4, -0.2) is 48.9 Å². The molecule has 3 rings (SSSR count). The van der Waals surface area contributed by atoms with Crippen LogP contribution in [0.2, 0.25) is 0 Å². The first kappa shape index (κ1) is 20.5. The monoisotopic (exact) mass is 391 g/mol. The maximum atomic E-state index is 12.8. The minimum Gasteiger partial charge on any atom is -0.490 e. The summed E-state index contributed by atoms with van der Waals surface area (Å²) >= 11 is 0. The molecule has 7 heteroatoms. The van der Waals surface area contributed by atoms with E-state index in [0.717, 1.165) is 19.3 Å². The number of carbonyl (C=O) groups is 2. The zero-order valence-corrected chi connectivity index (χ0v) is 16.5. The lowest BCUT2D eigenvalue weighted by molar-refractivity contribution is -0.139. The van der Waals surface area contributed by atoms with E-state index in [-0.39, 0.29) is 23.5 Å². The molecule has 0 saturated heterocycles. The number of carboxylic acids is 1. The molecule has 1 aromatic carbocycles. The van der Waals surface area contributed by atoms with Gasteiger partial charge in [-0.25, -0.2) is 4.79 Å². The molecule has 2 aliphatic rings. The normalized spacial score (nSPS) is 22.5. The number of benzene rings is 1. The smallest absolute Gasteiger partial charge is 0.341 e. The fraction of sp³-hybridized carbons (Fsp3) is 0.619. The second-order valence-electron chi connectivity index (χ2n) is 7.42. The van der Waals surface area contributed by atoms with Crippen LogP contribution in [0.4, 0.5) is 0 Å². The van der Waals surface area contributed by atoms with Gasteiger partial charge in [-0.2, -0.15) is 0 Å². The van der Waals surface area contributed by atoms with E-state index in [1.807, 2.05) is 13.8 Å². The standard InChI is InChI=1S/C21H29NO6/c1-3-26-16-11-14(7-8-15(16)28-13-19(23)24)20(25)22-17-12-18(27-4-2)21(17)9-5-6-10-21/h7-8,11,17-18H,3-6,9-10,12-13H2,1-2H3,(H,22,25)(H,23,24). The Morgan fingerprint density at radius 2 is 1.89 bits per heavy atom. The summed E-state index contributed by atoms with van der Waals surface area (Å²) in [5.74, 6) is -0.544. The highest BCUT2D eigenvalue weighted by molar-refractivity contribution is 5.95. The molecule has 0 radical (unpaired) electrons. The van der Waals surface area contributed by atoms with Gasteiger partial charge in [-0.05, 0) is 51.3 Å². The summed E-state index contributed by atoms with van der Waals surface area (Å²) in [6, 6.07) is 4.95. The molecule has 7 nitrogen and oxygen atoms in total. The molecule has 2 atom stereocenters. The zero-order chi connectivity index (χ0) is 20.1. The van der Waals surface area contributed by atoms with Crippen molar-refractivity contribution in [2.45, 2.75) is 58.1 Å². The number of ether oxygens (including phenoxy) is 3. The van der Waals surface area contributed by atoms with Crippen LogP contribution >= 0.6 is 0 Å². The Bertz CT molecular complexity index is 713. The van der Waals surface area contributed by atoms with E-state index in [1.54, 1.807) is 18.2 Å². The van der Waals surface area contributed by atoms with Gasteiger partial charge in [-0.1, -0.05) is 12.8 Å². The average molecular weight is 391 g/mol. The van der Waals surface area contributed by atoms with E-state index in [4.69, 9.17) is 19.3 Å². The maximum Gasteiger partial charge on any atom is 0.341 e. The Labute approximate surface area is 165 Å². The summed E-state index contributed by atoms with van der Waals surface area (Å²) in [4.78, 5) is 23.6. The van der Waals surface area contributed by atoms with Gasteiger partial charge >= 0.3 is 5.97 Å². The van der Waals surface area contributed by atoms with Crippen molar-refractivity contribution in [2.75, 3.05) is 19.8 Å². The van der Waals surface area contributed by atoms with E-state index in [1.165, 1.54) is 12.8 Å². The third-order valence-electron chi connectivity index (χ3n) is 5.85. The lowest BCUT2D eigenvalue weighted by Gasteiger charge is -2.54. The number of rotatable bonds is 9. The van der Waals surface area contributed by atoms with Gasteiger partial charge in [0.15, 0.2) is 18.1 Å². The van der Waals surface area contributed by atoms with Gasteiger partial charge in [0.25, 0.3) is 5.91 Å². The summed E-state index contributed by atoms with van der Waals surface area (Å²) < 4.78 is 16.7. The van der Waals surface area contributed by atoms with E-state index < -0.39 is 12.6 Å². The first-order valence-electron chi connectivity index (χ1n) is 10.0. The highest BCUT2D eigenvalue weighted by Gasteiger charge is 2.57. The largest absolute Gasteiger partial charge is 0.490 e. The molecule has 1 aromatic rings. The van der Waals surface area contributed by atoms with Crippen LogP contribution in [0.5, 0.6) is 11.5 Å². The summed E-state index contributed by atoms with van der Waals surface area (Å²) in [5, 5.41) is 12.0. The maximum absolute atomic E-state index is 12.8. The minimum absolute atomic E-state index is 0.0684. The molecule has 1 spiro atoms. The first-order chi connectivity index (χ1) is 13.5. The van der Waals surface area contributed by atoms with Gasteiger partial charge in [0.1, 0.15) is 0 Å². The van der Waals surface area contributed by atoms with Crippen molar-refractivity contribution in [3.63, 3.8) is 0 Å². The molecule has 2 N–H and O–H groups in total. The molecule has 1 amide bonds. The Hall–Kier alpha value is -2.28. The number of hydrogen-bond donors (Lipinski definition) is 2. The third-order valence-corrected chi connectivity index (χ3v) is 5.85. The highest BCUT2D eigenvalue weighted by Crippen LogP contribution is 2.54. The molecule has 2 unspecified atom stereocenters. The summed E-state index contributed by atoms with van der Waals surface area (Å²) in [6.45, 7) is 4.45. The fourth-order valence-corrected chi connectivity index (χ4v) is 4.51. The fourth-order valence-electron chi connectivity index (χ4n) is 4.51. The van der Waals surface area contributed by atoms with Gasteiger partial charge in [0.05, 0.1) is 12.7 Å². The summed E-state index contributed by atoms with van der Waals surface area (Å²) in [5.41, 5.74) is 0.540. The van der Waals surface area contributed by atoms with Gasteiger partial charge in [-0.3, -0.25) is 4.79 Å². The number of carbonyl (C=O) groups excluding carboxylic acids is 1. The Balaban J connectivity index is 1.70. The predicted molar refractivity (Wildman–Crippen MR) is 103 cm³/mol. The van der Waals surface area contributed by atoms with Crippen molar-refractivity contribution in [1.29, 1.82) is 0 Å². The van der Waals surface area contributed by atoms with Crippen molar-refractivity contribution >= 4 is 11.9 Å². The second kappa shape index (κ2) is 8.82. The van der Waals surface area contributed by atoms with Gasteiger partial charge in [0, 0.05) is 23.6 Å². The number of hydrogen-bond acceptors (Lipinski definition) is 5.